The minimum absolute atomic E-state index is 0.467. The van der Waals surface area contributed by atoms with Gasteiger partial charge in [0.15, 0.2) is 0 Å². The van der Waals surface area contributed by atoms with E-state index in [1.165, 1.54) is 17.3 Å². The van der Waals surface area contributed by atoms with Gasteiger partial charge in [0, 0.05) is 38.8 Å². The van der Waals surface area contributed by atoms with Crippen molar-refractivity contribution in [2.24, 2.45) is 0 Å². The van der Waals surface area contributed by atoms with Crippen LogP contribution in [-0.4, -0.2) is 66.6 Å². The van der Waals surface area contributed by atoms with Crippen LogP contribution >= 0.6 is 11.7 Å². The molecule has 1 fully saturated rings. The minimum Gasteiger partial charge on any atom is -0.478 e. The highest BCUT2D eigenvalue weighted by Gasteiger charge is 2.23. The van der Waals surface area contributed by atoms with E-state index in [9.17, 15) is 0 Å². The van der Waals surface area contributed by atoms with Crippen molar-refractivity contribution in [3.8, 4) is 5.88 Å². The van der Waals surface area contributed by atoms with Crippen molar-refractivity contribution in [3.63, 3.8) is 0 Å². The van der Waals surface area contributed by atoms with Crippen LogP contribution < -0.4 is 15.0 Å². The summed E-state index contributed by atoms with van der Waals surface area (Å²) in [5.74, 6) is 1.53. The number of hydrogen-bond acceptors (Lipinski definition) is 7. The van der Waals surface area contributed by atoms with E-state index in [0.29, 0.717) is 11.9 Å². The van der Waals surface area contributed by atoms with Gasteiger partial charge in [0.05, 0.1) is 18.8 Å². The van der Waals surface area contributed by atoms with E-state index in [1.807, 2.05) is 0 Å². The average Bonchev–Trinajstić information content (AvgIpc) is 3.11. The number of hydrogen-bond donors (Lipinski definition) is 1. The third kappa shape index (κ3) is 4.23. The monoisotopic (exact) mass is 347 g/mol. The molecule has 1 atom stereocenters. The van der Waals surface area contributed by atoms with Crippen LogP contribution in [0.5, 0.6) is 5.88 Å². The van der Waals surface area contributed by atoms with E-state index in [2.05, 4.69) is 61.2 Å². The molecular formula is C17H25N5OS. The Morgan fingerprint density at radius 3 is 2.58 bits per heavy atom. The number of aromatic nitrogens is 2. The van der Waals surface area contributed by atoms with Crippen LogP contribution in [0.2, 0.25) is 0 Å². The fourth-order valence-electron chi connectivity index (χ4n) is 3.11. The summed E-state index contributed by atoms with van der Waals surface area (Å²) in [6.45, 7) is 5.06. The maximum atomic E-state index is 5.29. The first kappa shape index (κ1) is 17.1. The highest BCUT2D eigenvalue weighted by Crippen LogP contribution is 2.26. The predicted molar refractivity (Wildman–Crippen MR) is 98.1 cm³/mol. The molecule has 24 heavy (non-hydrogen) atoms. The number of likely N-dealkylation sites (N-methyl/N-ethyl adjacent to an activating group) is 1. The molecule has 1 aromatic heterocycles. The smallest absolute Gasteiger partial charge is 0.270 e. The molecule has 0 amide bonds. The van der Waals surface area contributed by atoms with Crippen molar-refractivity contribution >= 4 is 17.5 Å². The molecular weight excluding hydrogens is 322 g/mol. The normalized spacial score (nSPS) is 17.0. The molecule has 0 spiro atoms. The summed E-state index contributed by atoms with van der Waals surface area (Å²) in [6, 6.07) is 11.1. The third-order valence-electron chi connectivity index (χ3n) is 4.52. The molecule has 3 rings (SSSR count). The summed E-state index contributed by atoms with van der Waals surface area (Å²) >= 11 is 1.21. The van der Waals surface area contributed by atoms with Gasteiger partial charge < -0.3 is 15.0 Å². The molecule has 1 aliphatic rings. The Bertz CT molecular complexity index is 612. The quantitative estimate of drug-likeness (QED) is 0.819. The topological polar surface area (TPSA) is 53.5 Å². The zero-order valence-corrected chi connectivity index (χ0v) is 15.1. The Kier molecular flexibility index (Phi) is 6.01. The lowest BCUT2D eigenvalue weighted by molar-refractivity contribution is 0.231. The summed E-state index contributed by atoms with van der Waals surface area (Å²) in [5.41, 5.74) is 1.38. The van der Waals surface area contributed by atoms with E-state index in [1.54, 1.807) is 7.11 Å². The zero-order chi connectivity index (χ0) is 16.8. The molecule has 1 unspecified atom stereocenters. The number of anilines is 1. The first-order valence-electron chi connectivity index (χ1n) is 8.35. The highest BCUT2D eigenvalue weighted by atomic mass is 32.1. The zero-order valence-electron chi connectivity index (χ0n) is 14.3. The molecule has 7 heteroatoms. The predicted octanol–water partition coefficient (Wildman–Crippen LogP) is 1.50. The summed E-state index contributed by atoms with van der Waals surface area (Å²) in [4.78, 5) is 4.79. The third-order valence-corrected chi connectivity index (χ3v) is 5.02. The highest BCUT2D eigenvalue weighted by molar-refractivity contribution is 6.99. The molecule has 1 saturated heterocycles. The molecule has 1 N–H and O–H groups in total. The molecule has 130 valence electrons. The first-order chi connectivity index (χ1) is 11.8. The van der Waals surface area contributed by atoms with Crippen LogP contribution in [0.15, 0.2) is 30.3 Å². The van der Waals surface area contributed by atoms with Gasteiger partial charge in [0.1, 0.15) is 0 Å². The Labute approximate surface area is 147 Å². The largest absolute Gasteiger partial charge is 0.478 e. The van der Waals surface area contributed by atoms with Crippen molar-refractivity contribution in [3.05, 3.63) is 35.9 Å². The Hall–Kier alpha value is -1.70. The van der Waals surface area contributed by atoms with E-state index in [4.69, 9.17) is 4.74 Å². The lowest BCUT2D eigenvalue weighted by atomic mass is 10.1. The lowest BCUT2D eigenvalue weighted by Gasteiger charge is -2.36. The molecule has 2 heterocycles. The van der Waals surface area contributed by atoms with Gasteiger partial charge >= 0.3 is 0 Å². The van der Waals surface area contributed by atoms with Crippen LogP contribution in [0.25, 0.3) is 0 Å². The Morgan fingerprint density at radius 2 is 1.92 bits per heavy atom. The molecule has 0 bridgehead atoms. The fraction of sp³-hybridized carbons (Fsp3) is 0.529. The van der Waals surface area contributed by atoms with E-state index < -0.39 is 0 Å². The van der Waals surface area contributed by atoms with Crippen molar-refractivity contribution in [2.75, 3.05) is 51.8 Å². The Balaban J connectivity index is 1.51. The van der Waals surface area contributed by atoms with Crippen molar-refractivity contribution in [1.29, 1.82) is 0 Å². The standard InChI is InChI=1S/C17H25N5OS/c1-18-15(12-14-6-4-3-5-7-14)13-21-8-10-22(11-9-21)16-17(23-2)20-24-19-16/h3-7,15,18H,8-13H2,1-2H3. The van der Waals surface area contributed by atoms with Gasteiger partial charge in [-0.1, -0.05) is 30.3 Å². The second-order valence-electron chi connectivity index (χ2n) is 6.06. The van der Waals surface area contributed by atoms with Gasteiger partial charge in [-0.15, -0.1) is 4.37 Å². The summed E-state index contributed by atoms with van der Waals surface area (Å²) < 4.78 is 13.8. The van der Waals surface area contributed by atoms with Crippen LogP contribution in [-0.2, 0) is 6.42 Å². The summed E-state index contributed by atoms with van der Waals surface area (Å²) in [5, 5.41) is 3.46. The van der Waals surface area contributed by atoms with E-state index in [0.717, 1.165) is 45.0 Å². The molecule has 0 radical (unpaired) electrons. The minimum atomic E-state index is 0.467. The number of benzene rings is 1. The molecule has 1 aliphatic heterocycles. The second-order valence-corrected chi connectivity index (χ2v) is 6.59. The summed E-state index contributed by atoms with van der Waals surface area (Å²) in [6.07, 6.45) is 1.06. The van der Waals surface area contributed by atoms with Crippen LogP contribution in [0.4, 0.5) is 5.82 Å². The van der Waals surface area contributed by atoms with Gasteiger partial charge in [0.25, 0.3) is 5.88 Å². The number of piperazine rings is 1. The van der Waals surface area contributed by atoms with Crippen LogP contribution in [0.1, 0.15) is 5.56 Å². The van der Waals surface area contributed by atoms with Crippen molar-refractivity contribution in [1.82, 2.24) is 19.0 Å². The number of nitrogens with zero attached hydrogens (tertiary/aromatic N) is 4. The van der Waals surface area contributed by atoms with Crippen LogP contribution in [0, 0.1) is 0 Å². The summed E-state index contributed by atoms with van der Waals surface area (Å²) in [7, 11) is 3.70. The van der Waals surface area contributed by atoms with Crippen molar-refractivity contribution < 1.29 is 4.74 Å². The van der Waals surface area contributed by atoms with Crippen molar-refractivity contribution in [2.45, 2.75) is 12.5 Å². The van der Waals surface area contributed by atoms with Crippen LogP contribution in [0.3, 0.4) is 0 Å². The maximum absolute atomic E-state index is 5.29. The average molecular weight is 347 g/mol. The van der Waals surface area contributed by atoms with Gasteiger partial charge in [-0.05, 0) is 19.0 Å². The van der Waals surface area contributed by atoms with Gasteiger partial charge in [-0.25, -0.2) is 0 Å². The molecule has 1 aromatic carbocycles. The molecule has 0 aliphatic carbocycles. The number of rotatable bonds is 7. The number of nitrogens with one attached hydrogen (secondary N) is 1. The molecule has 0 saturated carbocycles. The fourth-order valence-corrected chi connectivity index (χ4v) is 3.65. The maximum Gasteiger partial charge on any atom is 0.270 e. The first-order valence-corrected chi connectivity index (χ1v) is 9.08. The molecule has 2 aromatic rings. The van der Waals surface area contributed by atoms with E-state index in [-0.39, 0.29) is 0 Å². The lowest BCUT2D eigenvalue weighted by Crippen LogP contribution is -2.51. The molecule has 6 nitrogen and oxygen atoms in total. The van der Waals surface area contributed by atoms with Gasteiger partial charge in [0.2, 0.25) is 5.82 Å². The second kappa shape index (κ2) is 8.41. The van der Waals surface area contributed by atoms with E-state index >= 15 is 0 Å². The number of methoxy groups -OCH3 is 1. The SMILES string of the molecule is CNC(Cc1ccccc1)CN1CCN(c2nsnc2OC)CC1. The Morgan fingerprint density at radius 1 is 1.17 bits per heavy atom. The van der Waals surface area contributed by atoms with Gasteiger partial charge in [-0.2, -0.15) is 4.37 Å². The van der Waals surface area contributed by atoms with Gasteiger partial charge in [-0.3, -0.25) is 4.90 Å². The number of ether oxygens (including phenoxy) is 1.